The molecule has 2 saturated carbocycles. The summed E-state index contributed by atoms with van der Waals surface area (Å²) in [6.07, 6.45) is 16.7. The zero-order chi connectivity index (χ0) is 8.23. The Morgan fingerprint density at radius 1 is 0.917 bits per heavy atom. The van der Waals surface area contributed by atoms with Crippen molar-refractivity contribution in [3.05, 3.63) is 12.2 Å². The van der Waals surface area contributed by atoms with Gasteiger partial charge in [0.25, 0.3) is 0 Å². The summed E-state index contributed by atoms with van der Waals surface area (Å²) in [5.74, 6) is 2.02. The number of hydrogen-bond donors (Lipinski definition) is 0. The second kappa shape index (κ2) is 4.11. The van der Waals surface area contributed by atoms with E-state index in [0.717, 1.165) is 11.8 Å². The first-order valence-electron chi connectivity index (χ1n) is 5.62. The SMILES string of the molecule is C(=C\C1CCCCC1)/CC1CC1. The van der Waals surface area contributed by atoms with Crippen LogP contribution in [0.2, 0.25) is 0 Å². The average Bonchev–Trinajstić information content (AvgIpc) is 2.90. The van der Waals surface area contributed by atoms with Gasteiger partial charge in [0.05, 0.1) is 0 Å². The van der Waals surface area contributed by atoms with Crippen molar-refractivity contribution >= 4 is 0 Å². The van der Waals surface area contributed by atoms with Gasteiger partial charge >= 0.3 is 0 Å². The molecule has 0 aromatic heterocycles. The van der Waals surface area contributed by atoms with E-state index in [0.29, 0.717) is 0 Å². The molecule has 0 N–H and O–H groups in total. The number of rotatable bonds is 3. The van der Waals surface area contributed by atoms with Crippen LogP contribution in [-0.2, 0) is 0 Å². The third-order valence-corrected chi connectivity index (χ3v) is 3.22. The molecule has 0 aliphatic heterocycles. The Balaban J connectivity index is 1.65. The molecule has 0 aromatic carbocycles. The molecule has 2 fully saturated rings. The van der Waals surface area contributed by atoms with Gasteiger partial charge in [0.15, 0.2) is 0 Å². The Morgan fingerprint density at radius 3 is 2.33 bits per heavy atom. The fourth-order valence-electron chi connectivity index (χ4n) is 2.14. The quantitative estimate of drug-likeness (QED) is 0.554. The second-order valence-electron chi connectivity index (χ2n) is 4.51. The molecule has 0 unspecified atom stereocenters. The lowest BCUT2D eigenvalue weighted by molar-refractivity contribution is 0.418. The van der Waals surface area contributed by atoms with E-state index in [1.54, 1.807) is 0 Å². The minimum Gasteiger partial charge on any atom is -0.0880 e. The van der Waals surface area contributed by atoms with E-state index in [1.807, 2.05) is 0 Å². The fraction of sp³-hybridized carbons (Fsp3) is 0.833. The molecule has 0 aromatic rings. The number of hydrogen-bond acceptors (Lipinski definition) is 0. The van der Waals surface area contributed by atoms with Crippen LogP contribution in [0.5, 0.6) is 0 Å². The molecule has 0 bridgehead atoms. The first-order chi connectivity index (χ1) is 5.95. The zero-order valence-corrected chi connectivity index (χ0v) is 7.97. The molecule has 0 saturated heterocycles. The summed E-state index contributed by atoms with van der Waals surface area (Å²) in [4.78, 5) is 0. The molecular weight excluding hydrogens is 144 g/mol. The summed E-state index contributed by atoms with van der Waals surface area (Å²) in [6.45, 7) is 0. The summed E-state index contributed by atoms with van der Waals surface area (Å²) in [7, 11) is 0. The monoisotopic (exact) mass is 164 g/mol. The third-order valence-electron chi connectivity index (χ3n) is 3.22. The minimum absolute atomic E-state index is 0.942. The van der Waals surface area contributed by atoms with Gasteiger partial charge in [-0.1, -0.05) is 31.4 Å². The molecule has 0 spiro atoms. The fourth-order valence-corrected chi connectivity index (χ4v) is 2.14. The molecule has 0 heterocycles. The molecule has 68 valence electrons. The van der Waals surface area contributed by atoms with E-state index in [-0.39, 0.29) is 0 Å². The van der Waals surface area contributed by atoms with Crippen molar-refractivity contribution in [1.82, 2.24) is 0 Å². The van der Waals surface area contributed by atoms with E-state index in [2.05, 4.69) is 12.2 Å². The normalized spacial score (nSPS) is 26.7. The van der Waals surface area contributed by atoms with Gasteiger partial charge in [-0.2, -0.15) is 0 Å². The Bertz CT molecular complexity index is 147. The van der Waals surface area contributed by atoms with E-state index in [4.69, 9.17) is 0 Å². The first-order valence-corrected chi connectivity index (χ1v) is 5.62. The van der Waals surface area contributed by atoms with Crippen molar-refractivity contribution in [3.8, 4) is 0 Å². The van der Waals surface area contributed by atoms with E-state index in [1.165, 1.54) is 51.4 Å². The molecule has 0 nitrogen and oxygen atoms in total. The van der Waals surface area contributed by atoms with Crippen molar-refractivity contribution in [2.24, 2.45) is 11.8 Å². The van der Waals surface area contributed by atoms with Gasteiger partial charge in [-0.15, -0.1) is 0 Å². The Kier molecular flexibility index (Phi) is 2.86. The highest BCUT2D eigenvalue weighted by molar-refractivity contribution is 4.93. The highest BCUT2D eigenvalue weighted by Gasteiger charge is 2.19. The topological polar surface area (TPSA) is 0 Å². The van der Waals surface area contributed by atoms with Gasteiger partial charge in [-0.3, -0.25) is 0 Å². The highest BCUT2D eigenvalue weighted by atomic mass is 14.2. The van der Waals surface area contributed by atoms with Crippen LogP contribution >= 0.6 is 0 Å². The van der Waals surface area contributed by atoms with Crippen LogP contribution < -0.4 is 0 Å². The van der Waals surface area contributed by atoms with Gasteiger partial charge in [0.1, 0.15) is 0 Å². The molecule has 12 heavy (non-hydrogen) atoms. The molecule has 2 rings (SSSR count). The molecule has 0 radical (unpaired) electrons. The lowest BCUT2D eigenvalue weighted by Gasteiger charge is -2.17. The summed E-state index contributed by atoms with van der Waals surface area (Å²) in [5.41, 5.74) is 0. The van der Waals surface area contributed by atoms with Crippen molar-refractivity contribution in [3.63, 3.8) is 0 Å². The van der Waals surface area contributed by atoms with Crippen LogP contribution in [0.15, 0.2) is 12.2 Å². The van der Waals surface area contributed by atoms with Crippen LogP contribution in [0.3, 0.4) is 0 Å². The van der Waals surface area contributed by atoms with E-state index >= 15 is 0 Å². The van der Waals surface area contributed by atoms with Crippen LogP contribution in [0.25, 0.3) is 0 Å². The summed E-state index contributed by atoms with van der Waals surface area (Å²) in [6, 6.07) is 0. The van der Waals surface area contributed by atoms with Crippen molar-refractivity contribution in [2.75, 3.05) is 0 Å². The van der Waals surface area contributed by atoms with Gasteiger partial charge in [0, 0.05) is 0 Å². The largest absolute Gasteiger partial charge is 0.0880 e. The maximum Gasteiger partial charge on any atom is -0.0234 e. The Labute approximate surface area is 76.1 Å². The smallest absolute Gasteiger partial charge is 0.0234 e. The maximum absolute atomic E-state index is 2.50. The molecule has 0 amide bonds. The second-order valence-corrected chi connectivity index (χ2v) is 4.51. The third kappa shape index (κ3) is 2.66. The van der Waals surface area contributed by atoms with Crippen molar-refractivity contribution < 1.29 is 0 Å². The summed E-state index contributed by atoms with van der Waals surface area (Å²) < 4.78 is 0. The van der Waals surface area contributed by atoms with Crippen molar-refractivity contribution in [1.29, 1.82) is 0 Å². The molecule has 2 aliphatic rings. The number of allylic oxidation sites excluding steroid dienone is 2. The van der Waals surface area contributed by atoms with Crippen LogP contribution in [0.1, 0.15) is 51.4 Å². The first kappa shape index (κ1) is 8.34. The predicted octanol–water partition coefficient (Wildman–Crippen LogP) is 3.92. The van der Waals surface area contributed by atoms with E-state index < -0.39 is 0 Å². The van der Waals surface area contributed by atoms with Gasteiger partial charge < -0.3 is 0 Å². The minimum atomic E-state index is 0.942. The predicted molar refractivity (Wildman–Crippen MR) is 53.1 cm³/mol. The lowest BCUT2D eigenvalue weighted by Crippen LogP contribution is -2.02. The Hall–Kier alpha value is -0.260. The highest BCUT2D eigenvalue weighted by Crippen LogP contribution is 2.33. The molecule has 0 atom stereocenters. The molecular formula is C12H20. The van der Waals surface area contributed by atoms with Crippen LogP contribution in [0.4, 0.5) is 0 Å². The van der Waals surface area contributed by atoms with Crippen molar-refractivity contribution in [2.45, 2.75) is 51.4 Å². The zero-order valence-electron chi connectivity index (χ0n) is 7.97. The van der Waals surface area contributed by atoms with Crippen LogP contribution in [-0.4, -0.2) is 0 Å². The van der Waals surface area contributed by atoms with E-state index in [9.17, 15) is 0 Å². The van der Waals surface area contributed by atoms with Gasteiger partial charge in [0.2, 0.25) is 0 Å². The van der Waals surface area contributed by atoms with Gasteiger partial charge in [-0.05, 0) is 43.9 Å². The standard InChI is InChI=1S/C12H20/c1-2-5-11(6-3-1)7-4-8-12-9-10-12/h4,7,11-12H,1-3,5-6,8-10H2/b7-4+. The van der Waals surface area contributed by atoms with Crippen LogP contribution in [0, 0.1) is 11.8 Å². The average molecular weight is 164 g/mol. The molecule has 0 heteroatoms. The summed E-state index contributed by atoms with van der Waals surface area (Å²) in [5, 5.41) is 0. The summed E-state index contributed by atoms with van der Waals surface area (Å²) >= 11 is 0. The maximum atomic E-state index is 2.50. The lowest BCUT2D eigenvalue weighted by atomic mass is 9.89. The van der Waals surface area contributed by atoms with Gasteiger partial charge in [-0.25, -0.2) is 0 Å². The Morgan fingerprint density at radius 2 is 1.67 bits per heavy atom. The molecule has 2 aliphatic carbocycles.